The Morgan fingerprint density at radius 3 is 2.17 bits per heavy atom. The summed E-state index contributed by atoms with van der Waals surface area (Å²) in [7, 11) is -1.99. The zero-order chi connectivity index (χ0) is 16.7. The smallest absolute Gasteiger partial charge is 0.274 e. The van der Waals surface area contributed by atoms with Gasteiger partial charge in [0.05, 0.1) is 7.11 Å². The minimum atomic E-state index is -3.63. The molecule has 0 bridgehead atoms. The summed E-state index contributed by atoms with van der Waals surface area (Å²) in [4.78, 5) is 0. The number of methoxy groups -OCH3 is 1. The number of halogens is 1. The van der Waals surface area contributed by atoms with Crippen molar-refractivity contribution in [1.82, 2.24) is 4.72 Å². The number of hydrogen-bond acceptors (Lipinski definition) is 3. The Kier molecular flexibility index (Phi) is 8.21. The molecular weight excluding hydrogens is 348 g/mol. The number of hydrogen-bond donors (Lipinski definition) is 2. The first-order chi connectivity index (χ1) is 11.0. The monoisotopic (exact) mass is 370 g/mol. The van der Waals surface area contributed by atoms with Crippen molar-refractivity contribution < 1.29 is 13.2 Å². The van der Waals surface area contributed by atoms with Crippen molar-refractivity contribution in [2.45, 2.75) is 18.8 Å². The van der Waals surface area contributed by atoms with Gasteiger partial charge in [0.1, 0.15) is 5.75 Å². The van der Waals surface area contributed by atoms with E-state index in [4.69, 9.17) is 9.88 Å². The molecule has 2 aromatic carbocycles. The average Bonchev–Trinajstić information content (AvgIpc) is 2.55. The van der Waals surface area contributed by atoms with Gasteiger partial charge in [-0.1, -0.05) is 42.5 Å². The standard InChI is InChI=1S/C17H22N2O3S.ClH/c1-22-16-11-9-15(10-12-16)17(14-6-3-2-4-7-14)8-5-13-19-23(18,20)21;/h2-4,6-7,9-12,17,19H,5,8,13H2,1H3,(H2,18,20,21);1H. The lowest BCUT2D eigenvalue weighted by Gasteiger charge is -2.18. The highest BCUT2D eigenvalue weighted by Gasteiger charge is 2.14. The van der Waals surface area contributed by atoms with Gasteiger partial charge < -0.3 is 4.74 Å². The second kappa shape index (κ2) is 9.64. The zero-order valence-corrected chi connectivity index (χ0v) is 15.1. The van der Waals surface area contributed by atoms with E-state index in [0.717, 1.165) is 12.2 Å². The molecule has 0 aromatic heterocycles. The van der Waals surface area contributed by atoms with Crippen LogP contribution in [0.25, 0.3) is 0 Å². The first-order valence-corrected chi connectivity index (χ1v) is 9.00. The van der Waals surface area contributed by atoms with E-state index in [0.29, 0.717) is 13.0 Å². The number of nitrogens with two attached hydrogens (primary N) is 1. The Balaban J connectivity index is 0.00000288. The van der Waals surface area contributed by atoms with Crippen molar-refractivity contribution in [2.75, 3.05) is 13.7 Å². The van der Waals surface area contributed by atoms with Crippen LogP contribution in [0, 0.1) is 0 Å². The summed E-state index contributed by atoms with van der Waals surface area (Å²) in [6.45, 7) is 0.332. The third kappa shape index (κ3) is 6.49. The van der Waals surface area contributed by atoms with E-state index in [1.54, 1.807) is 7.11 Å². The summed E-state index contributed by atoms with van der Waals surface area (Å²) in [5.41, 5.74) is 2.38. The zero-order valence-electron chi connectivity index (χ0n) is 13.5. The topological polar surface area (TPSA) is 81.4 Å². The highest BCUT2D eigenvalue weighted by Crippen LogP contribution is 2.30. The number of nitrogens with one attached hydrogen (secondary N) is 1. The van der Waals surface area contributed by atoms with Gasteiger partial charge in [-0.25, -0.2) is 9.86 Å². The van der Waals surface area contributed by atoms with Crippen molar-refractivity contribution in [3.8, 4) is 5.75 Å². The molecule has 0 fully saturated rings. The van der Waals surface area contributed by atoms with Gasteiger partial charge in [0, 0.05) is 12.5 Å². The fourth-order valence-electron chi connectivity index (χ4n) is 2.57. The lowest BCUT2D eigenvalue weighted by Crippen LogP contribution is -2.31. The maximum atomic E-state index is 10.9. The van der Waals surface area contributed by atoms with Crippen LogP contribution in [0.1, 0.15) is 29.9 Å². The van der Waals surface area contributed by atoms with Gasteiger partial charge in [0.25, 0.3) is 10.2 Å². The molecule has 1 unspecified atom stereocenters. The van der Waals surface area contributed by atoms with Crippen LogP contribution in [0.3, 0.4) is 0 Å². The first kappa shape index (κ1) is 20.4. The fourth-order valence-corrected chi connectivity index (χ4v) is 3.00. The van der Waals surface area contributed by atoms with Crippen molar-refractivity contribution in [1.29, 1.82) is 0 Å². The van der Waals surface area contributed by atoms with E-state index in [9.17, 15) is 8.42 Å². The third-order valence-electron chi connectivity index (χ3n) is 3.69. The molecule has 3 N–H and O–H groups in total. The molecule has 132 valence electrons. The van der Waals surface area contributed by atoms with Crippen LogP contribution >= 0.6 is 12.4 Å². The molecule has 0 amide bonds. The predicted octanol–water partition coefficient (Wildman–Crippen LogP) is 2.82. The summed E-state index contributed by atoms with van der Waals surface area (Å²) >= 11 is 0. The Morgan fingerprint density at radius 2 is 1.62 bits per heavy atom. The van der Waals surface area contributed by atoms with Crippen molar-refractivity contribution in [2.24, 2.45) is 5.14 Å². The quantitative estimate of drug-likeness (QED) is 0.701. The fraction of sp³-hybridized carbons (Fsp3) is 0.294. The van der Waals surface area contributed by atoms with Gasteiger partial charge in [-0.15, -0.1) is 12.4 Å². The van der Waals surface area contributed by atoms with E-state index < -0.39 is 10.2 Å². The second-order valence-corrected chi connectivity index (χ2v) is 6.70. The van der Waals surface area contributed by atoms with Gasteiger partial charge in [0.2, 0.25) is 0 Å². The Bertz CT molecular complexity index is 706. The molecule has 1 atom stereocenters. The molecule has 24 heavy (non-hydrogen) atoms. The van der Waals surface area contributed by atoms with E-state index in [-0.39, 0.29) is 18.3 Å². The molecule has 0 aliphatic rings. The molecule has 0 heterocycles. The SMILES string of the molecule is COc1ccc(C(CCCNS(N)(=O)=O)c2ccccc2)cc1.Cl. The second-order valence-electron chi connectivity index (χ2n) is 5.32. The van der Waals surface area contributed by atoms with Crippen LogP contribution in [0.4, 0.5) is 0 Å². The summed E-state index contributed by atoms with van der Waals surface area (Å²) in [6, 6.07) is 18.1. The van der Waals surface area contributed by atoms with Gasteiger partial charge in [0.15, 0.2) is 0 Å². The number of ether oxygens (including phenoxy) is 1. The van der Waals surface area contributed by atoms with Gasteiger partial charge in [-0.05, 0) is 36.1 Å². The maximum Gasteiger partial charge on any atom is 0.274 e. The van der Waals surface area contributed by atoms with Crippen LogP contribution in [0.2, 0.25) is 0 Å². The lowest BCUT2D eigenvalue weighted by molar-refractivity contribution is 0.414. The largest absolute Gasteiger partial charge is 0.497 e. The molecule has 0 saturated carbocycles. The maximum absolute atomic E-state index is 10.9. The lowest BCUT2D eigenvalue weighted by atomic mass is 9.87. The van der Waals surface area contributed by atoms with E-state index >= 15 is 0 Å². The van der Waals surface area contributed by atoms with Gasteiger partial charge >= 0.3 is 0 Å². The summed E-state index contributed by atoms with van der Waals surface area (Å²) in [5.74, 6) is 1.01. The van der Waals surface area contributed by atoms with E-state index in [1.165, 1.54) is 11.1 Å². The van der Waals surface area contributed by atoms with Crippen LogP contribution in [-0.4, -0.2) is 22.1 Å². The van der Waals surface area contributed by atoms with E-state index in [1.807, 2.05) is 42.5 Å². The molecule has 0 aliphatic heterocycles. The molecule has 5 nitrogen and oxygen atoms in total. The van der Waals surface area contributed by atoms with Crippen LogP contribution in [0.15, 0.2) is 54.6 Å². The normalized spacial score (nSPS) is 12.2. The summed E-state index contributed by atoms with van der Waals surface area (Å²) in [6.07, 6.45) is 1.51. The Hall–Kier alpha value is -1.60. The minimum Gasteiger partial charge on any atom is -0.497 e. The van der Waals surface area contributed by atoms with Crippen LogP contribution in [0.5, 0.6) is 5.75 Å². The molecule has 7 heteroatoms. The number of benzene rings is 2. The van der Waals surface area contributed by atoms with Crippen molar-refractivity contribution in [3.05, 3.63) is 65.7 Å². The number of rotatable bonds is 8. The van der Waals surface area contributed by atoms with Crippen LogP contribution < -0.4 is 14.6 Å². The molecule has 2 rings (SSSR count). The first-order valence-electron chi connectivity index (χ1n) is 7.46. The molecule has 0 radical (unpaired) electrons. The van der Waals surface area contributed by atoms with Crippen molar-refractivity contribution in [3.63, 3.8) is 0 Å². The van der Waals surface area contributed by atoms with Crippen molar-refractivity contribution >= 4 is 22.6 Å². The van der Waals surface area contributed by atoms with Gasteiger partial charge in [-0.2, -0.15) is 8.42 Å². The molecule has 0 aliphatic carbocycles. The molecular formula is C17H23ClN2O3S. The highest BCUT2D eigenvalue weighted by atomic mass is 35.5. The summed E-state index contributed by atoms with van der Waals surface area (Å²) in [5, 5.41) is 4.95. The minimum absolute atomic E-state index is 0. The molecule has 0 spiro atoms. The van der Waals surface area contributed by atoms with Crippen LogP contribution in [-0.2, 0) is 10.2 Å². The van der Waals surface area contributed by atoms with E-state index in [2.05, 4.69) is 16.9 Å². The predicted molar refractivity (Wildman–Crippen MR) is 98.9 cm³/mol. The molecule has 0 saturated heterocycles. The Labute approximate surface area is 149 Å². The van der Waals surface area contributed by atoms with Gasteiger partial charge in [-0.3, -0.25) is 0 Å². The summed E-state index contributed by atoms with van der Waals surface area (Å²) < 4.78 is 29.4. The highest BCUT2D eigenvalue weighted by molar-refractivity contribution is 7.87. The Morgan fingerprint density at radius 1 is 1.04 bits per heavy atom. The average molecular weight is 371 g/mol. The third-order valence-corrected chi connectivity index (χ3v) is 4.30. The molecule has 2 aromatic rings.